The number of aliphatic hydroxyl groups is 1. The number of carbonyl (C=O) groups is 1. The largest absolute Gasteiger partial charge is 0.388 e. The van der Waals surface area contributed by atoms with Crippen molar-refractivity contribution in [1.29, 1.82) is 0 Å². The molecule has 1 aliphatic rings. The number of hydrogen-bond donors (Lipinski definition) is 2. The Morgan fingerprint density at radius 2 is 2.13 bits per heavy atom. The van der Waals surface area contributed by atoms with Crippen molar-refractivity contribution in [2.45, 2.75) is 58.7 Å². The molecule has 6 nitrogen and oxygen atoms in total. The number of hydrogen-bond acceptors (Lipinski definition) is 5. The van der Waals surface area contributed by atoms with Gasteiger partial charge in [-0.25, -0.2) is 0 Å². The average Bonchev–Trinajstić information content (AvgIpc) is 2.93. The molecule has 1 aromatic heterocycles. The zero-order valence-electron chi connectivity index (χ0n) is 14.5. The van der Waals surface area contributed by atoms with Gasteiger partial charge in [0.15, 0.2) is 11.5 Å². The van der Waals surface area contributed by atoms with Crippen molar-refractivity contribution in [3.8, 4) is 0 Å². The first kappa shape index (κ1) is 17.9. The lowest BCUT2D eigenvalue weighted by Crippen LogP contribution is -2.46. The summed E-state index contributed by atoms with van der Waals surface area (Å²) < 4.78 is 9.92. The zero-order valence-corrected chi connectivity index (χ0v) is 14.5. The minimum Gasteiger partial charge on any atom is -0.388 e. The summed E-state index contributed by atoms with van der Waals surface area (Å²) in [5.74, 6) is 0.787. The van der Waals surface area contributed by atoms with Gasteiger partial charge in [0.05, 0.1) is 5.60 Å². The Bertz CT molecular complexity index is 525. The lowest BCUT2D eigenvalue weighted by Gasteiger charge is -2.41. The third-order valence-electron chi connectivity index (χ3n) is 4.80. The number of amides is 1. The molecule has 2 rings (SSSR count). The molecule has 0 atom stereocenters. The third-order valence-corrected chi connectivity index (χ3v) is 4.80. The van der Waals surface area contributed by atoms with Gasteiger partial charge in [0.1, 0.15) is 6.61 Å². The van der Waals surface area contributed by atoms with E-state index in [1.54, 1.807) is 13.2 Å². The van der Waals surface area contributed by atoms with E-state index in [0.29, 0.717) is 24.5 Å². The van der Waals surface area contributed by atoms with Gasteiger partial charge in [0.25, 0.3) is 5.91 Å². The summed E-state index contributed by atoms with van der Waals surface area (Å²) in [7, 11) is 1.55. The van der Waals surface area contributed by atoms with E-state index in [0.717, 1.165) is 12.8 Å². The fourth-order valence-corrected chi connectivity index (χ4v) is 3.16. The van der Waals surface area contributed by atoms with Crippen LogP contribution in [0.15, 0.2) is 10.6 Å². The number of methoxy groups -OCH3 is 1. The summed E-state index contributed by atoms with van der Waals surface area (Å²) in [6.07, 6.45) is 3.39. The molecule has 2 N–H and O–H groups in total. The second-order valence-electron chi connectivity index (χ2n) is 7.66. The second kappa shape index (κ2) is 7.01. The number of carbonyl (C=O) groups excluding carboxylic acids is 1. The molecule has 1 saturated carbocycles. The van der Waals surface area contributed by atoms with Crippen LogP contribution in [0.4, 0.5) is 0 Å². The first-order valence-corrected chi connectivity index (χ1v) is 8.19. The van der Waals surface area contributed by atoms with Crippen molar-refractivity contribution in [2.24, 2.45) is 11.3 Å². The highest BCUT2D eigenvalue weighted by atomic mass is 16.5. The minimum absolute atomic E-state index is 0.212. The maximum atomic E-state index is 12.1. The molecule has 6 heteroatoms. The van der Waals surface area contributed by atoms with E-state index in [4.69, 9.17) is 9.26 Å². The van der Waals surface area contributed by atoms with Gasteiger partial charge >= 0.3 is 0 Å². The lowest BCUT2D eigenvalue weighted by molar-refractivity contribution is -0.0229. The number of ether oxygens (including phenoxy) is 1. The summed E-state index contributed by atoms with van der Waals surface area (Å²) in [4.78, 5) is 12.1. The van der Waals surface area contributed by atoms with Gasteiger partial charge in [-0.3, -0.25) is 4.79 Å². The van der Waals surface area contributed by atoms with Crippen molar-refractivity contribution in [2.75, 3.05) is 13.7 Å². The second-order valence-corrected chi connectivity index (χ2v) is 7.66. The van der Waals surface area contributed by atoms with Crippen LogP contribution >= 0.6 is 0 Å². The molecule has 0 aromatic carbocycles. The molecule has 1 amide bonds. The summed E-state index contributed by atoms with van der Waals surface area (Å²) in [5, 5.41) is 17.1. The van der Waals surface area contributed by atoms with Crippen molar-refractivity contribution in [1.82, 2.24) is 10.5 Å². The molecule has 0 aliphatic heterocycles. The molecule has 23 heavy (non-hydrogen) atoms. The smallest absolute Gasteiger partial charge is 0.273 e. The molecule has 0 saturated heterocycles. The molecule has 0 bridgehead atoms. The van der Waals surface area contributed by atoms with Crippen LogP contribution in [0.1, 0.15) is 62.7 Å². The molecule has 0 radical (unpaired) electrons. The minimum atomic E-state index is -0.823. The van der Waals surface area contributed by atoms with E-state index < -0.39 is 5.60 Å². The van der Waals surface area contributed by atoms with E-state index in [2.05, 4.69) is 31.2 Å². The predicted octanol–water partition coefficient (Wildman–Crippen LogP) is 2.52. The van der Waals surface area contributed by atoms with Crippen molar-refractivity contribution in [3.05, 3.63) is 17.5 Å². The van der Waals surface area contributed by atoms with Gasteiger partial charge in [0, 0.05) is 19.7 Å². The Hall–Kier alpha value is -1.40. The Morgan fingerprint density at radius 3 is 2.70 bits per heavy atom. The summed E-state index contributed by atoms with van der Waals surface area (Å²) >= 11 is 0. The Kier molecular flexibility index (Phi) is 5.47. The van der Waals surface area contributed by atoms with Crippen molar-refractivity contribution in [3.63, 3.8) is 0 Å². The Balaban J connectivity index is 1.84. The average molecular weight is 324 g/mol. The van der Waals surface area contributed by atoms with Crippen LogP contribution in [0.5, 0.6) is 0 Å². The van der Waals surface area contributed by atoms with Gasteiger partial charge in [-0.2, -0.15) is 0 Å². The molecule has 1 aromatic rings. The van der Waals surface area contributed by atoms with E-state index in [1.807, 2.05) is 0 Å². The highest BCUT2D eigenvalue weighted by molar-refractivity contribution is 5.92. The Labute approximate surface area is 137 Å². The summed E-state index contributed by atoms with van der Waals surface area (Å²) in [6, 6.07) is 1.55. The fraction of sp³-hybridized carbons (Fsp3) is 0.765. The molecule has 1 fully saturated rings. The van der Waals surface area contributed by atoms with Gasteiger partial charge < -0.3 is 19.7 Å². The molecular weight excluding hydrogens is 296 g/mol. The van der Waals surface area contributed by atoms with Gasteiger partial charge in [-0.1, -0.05) is 25.9 Å². The van der Waals surface area contributed by atoms with E-state index in [9.17, 15) is 9.90 Å². The van der Waals surface area contributed by atoms with E-state index in [1.165, 1.54) is 0 Å². The zero-order chi connectivity index (χ0) is 17.1. The monoisotopic (exact) mass is 324 g/mol. The fourth-order valence-electron chi connectivity index (χ4n) is 3.16. The highest BCUT2D eigenvalue weighted by Crippen LogP contribution is 2.41. The van der Waals surface area contributed by atoms with Crippen LogP contribution in [0.25, 0.3) is 0 Å². The number of aromatic nitrogens is 1. The maximum absolute atomic E-state index is 12.1. The van der Waals surface area contributed by atoms with Crippen LogP contribution in [-0.4, -0.2) is 35.4 Å². The highest BCUT2D eigenvalue weighted by Gasteiger charge is 2.37. The number of nitrogens with one attached hydrogen (secondary N) is 1. The summed E-state index contributed by atoms with van der Waals surface area (Å²) in [5.41, 5.74) is -0.344. The topological polar surface area (TPSA) is 84.6 Å². The van der Waals surface area contributed by atoms with E-state index in [-0.39, 0.29) is 30.2 Å². The Morgan fingerprint density at radius 1 is 1.48 bits per heavy atom. The van der Waals surface area contributed by atoms with Crippen LogP contribution < -0.4 is 5.32 Å². The number of nitrogens with zero attached hydrogens (tertiary/aromatic N) is 1. The van der Waals surface area contributed by atoms with Crippen LogP contribution in [0, 0.1) is 11.3 Å². The standard InChI is InChI=1S/C17H28N2O4/c1-16(2,3)12-5-7-17(21,8-6-12)11-18-15(20)14-9-13(10-22-4)23-19-14/h9,12,21H,5-8,10-11H2,1-4H3,(H,18,20). The lowest BCUT2D eigenvalue weighted by atomic mass is 9.68. The van der Waals surface area contributed by atoms with Crippen LogP contribution in [-0.2, 0) is 11.3 Å². The molecular formula is C17H28N2O4. The molecule has 1 heterocycles. The first-order valence-electron chi connectivity index (χ1n) is 8.19. The quantitative estimate of drug-likeness (QED) is 0.869. The van der Waals surface area contributed by atoms with Gasteiger partial charge in [-0.15, -0.1) is 0 Å². The van der Waals surface area contributed by atoms with Crippen LogP contribution in [0.2, 0.25) is 0 Å². The molecule has 1 aliphatic carbocycles. The SMILES string of the molecule is COCc1cc(C(=O)NCC2(O)CCC(C(C)(C)C)CC2)no1. The first-order chi connectivity index (χ1) is 10.7. The van der Waals surface area contributed by atoms with Crippen LogP contribution in [0.3, 0.4) is 0 Å². The molecule has 0 unspecified atom stereocenters. The maximum Gasteiger partial charge on any atom is 0.273 e. The molecule has 130 valence electrons. The van der Waals surface area contributed by atoms with Gasteiger partial charge in [0.2, 0.25) is 0 Å². The van der Waals surface area contributed by atoms with E-state index >= 15 is 0 Å². The van der Waals surface area contributed by atoms with Crippen molar-refractivity contribution < 1.29 is 19.2 Å². The predicted molar refractivity (Wildman–Crippen MR) is 85.9 cm³/mol. The third kappa shape index (κ3) is 4.78. The van der Waals surface area contributed by atoms with Gasteiger partial charge in [-0.05, 0) is 37.0 Å². The number of rotatable bonds is 5. The summed E-state index contributed by atoms with van der Waals surface area (Å²) in [6.45, 7) is 7.25. The molecule has 0 spiro atoms. The normalized spacial score (nSPS) is 25.3. The van der Waals surface area contributed by atoms with Crippen molar-refractivity contribution >= 4 is 5.91 Å².